The second-order valence-electron chi connectivity index (χ2n) is 20.5. The molecule has 0 amide bonds. The predicted molar refractivity (Wildman–Crippen MR) is 205 cm³/mol. The number of phenols is 1. The van der Waals surface area contributed by atoms with Crippen LogP contribution in [0.2, 0.25) is 0 Å². The van der Waals surface area contributed by atoms with Crippen molar-refractivity contribution in [1.29, 1.82) is 0 Å². The number of phenolic OH excluding ortho intramolecular Hbond substituents is 1. The maximum atomic E-state index is 11.9. The van der Waals surface area contributed by atoms with Crippen molar-refractivity contribution >= 4 is 5.97 Å². The van der Waals surface area contributed by atoms with E-state index in [1.165, 1.54) is 30.4 Å². The maximum Gasteiger partial charge on any atom is 0.302 e. The number of esters is 1. The van der Waals surface area contributed by atoms with Gasteiger partial charge < -0.3 is 24.4 Å². The van der Waals surface area contributed by atoms with Gasteiger partial charge in [0.15, 0.2) is 5.79 Å². The van der Waals surface area contributed by atoms with Crippen LogP contribution in [0.5, 0.6) is 5.75 Å². The Bertz CT molecular complexity index is 1670. The fraction of sp³-hybridized carbons (Fsp3) is 0.809. The Morgan fingerprint density at radius 1 is 0.925 bits per heavy atom. The van der Waals surface area contributed by atoms with Gasteiger partial charge in [0, 0.05) is 31.1 Å². The van der Waals surface area contributed by atoms with E-state index in [9.17, 15) is 15.0 Å². The first-order valence-electron chi connectivity index (χ1n) is 21.8. The average molecular weight is 727 g/mol. The summed E-state index contributed by atoms with van der Waals surface area (Å²) in [5.74, 6) is 11.7. The van der Waals surface area contributed by atoms with E-state index in [4.69, 9.17) is 14.2 Å². The van der Waals surface area contributed by atoms with E-state index in [0.29, 0.717) is 65.1 Å². The fourth-order valence-corrected chi connectivity index (χ4v) is 15.3. The number of hydrogen-bond acceptors (Lipinski definition) is 6. The zero-order valence-electron chi connectivity index (χ0n) is 33.4. The van der Waals surface area contributed by atoms with Gasteiger partial charge in [-0.15, -0.1) is 0 Å². The smallest absolute Gasteiger partial charge is 0.302 e. The molecule has 9 rings (SSSR count). The lowest BCUT2D eigenvalue weighted by Crippen LogP contribution is -2.55. The molecule has 1 aromatic carbocycles. The average Bonchev–Trinajstić information content (AvgIpc) is 3.71. The first-order valence-corrected chi connectivity index (χ1v) is 21.8. The first-order chi connectivity index (χ1) is 25.3. The van der Waals surface area contributed by atoms with Gasteiger partial charge in [-0.1, -0.05) is 46.5 Å². The molecule has 2 aliphatic heterocycles. The van der Waals surface area contributed by atoms with E-state index >= 15 is 0 Å². The molecule has 7 unspecified atom stereocenters. The molecule has 16 atom stereocenters. The van der Waals surface area contributed by atoms with Crippen molar-refractivity contribution in [3.05, 3.63) is 28.8 Å². The standard InChI is InChI=1S/C47H66O6/c1-27-16-22-47(51-26-27)28(2)43-40(53-47)25-38-34-12-14-41(50)44(4,37(34)18-21-46(38,43)6)19-8-7-9-31-23-35-30(24-39(31)49)10-11-33-32(35)17-20-45(5)36(33)13-15-42(45)52-29(3)48/h23-24,27-28,32-34,36-38,40-43,49-50H,8,10-22,25-26H2,1-6H3/t27?,28-,32?,33?,34?,36?,37?,38?,40-,41+,42-,43-,44+,45-,46-,47+/m0/s1. The summed E-state index contributed by atoms with van der Waals surface area (Å²) in [4.78, 5) is 11.9. The number of ether oxygens (including phenoxy) is 3. The van der Waals surface area contributed by atoms with Gasteiger partial charge in [-0.3, -0.25) is 4.79 Å². The number of carbonyl (C=O) groups is 1. The summed E-state index contributed by atoms with van der Waals surface area (Å²) in [6, 6.07) is 4.22. The Kier molecular flexibility index (Phi) is 8.96. The Morgan fingerprint density at radius 2 is 1.74 bits per heavy atom. The minimum atomic E-state index is -0.374. The summed E-state index contributed by atoms with van der Waals surface area (Å²) in [6.45, 7) is 14.4. The van der Waals surface area contributed by atoms with Crippen LogP contribution in [0.1, 0.15) is 154 Å². The molecule has 1 aromatic rings. The third-order valence-corrected chi connectivity index (χ3v) is 18.2. The van der Waals surface area contributed by atoms with Gasteiger partial charge in [-0.2, -0.15) is 0 Å². The van der Waals surface area contributed by atoms with Crippen molar-refractivity contribution in [2.45, 2.75) is 168 Å². The summed E-state index contributed by atoms with van der Waals surface area (Å²) in [5, 5.41) is 22.8. The molecule has 290 valence electrons. The molecule has 6 nitrogen and oxygen atoms in total. The minimum Gasteiger partial charge on any atom is -0.507 e. The van der Waals surface area contributed by atoms with E-state index in [1.807, 2.05) is 6.07 Å². The molecular weight excluding hydrogens is 661 g/mol. The Labute approximate surface area is 318 Å². The number of carbonyl (C=O) groups excluding carboxylic acids is 1. The monoisotopic (exact) mass is 726 g/mol. The summed E-state index contributed by atoms with van der Waals surface area (Å²) < 4.78 is 19.4. The third kappa shape index (κ3) is 5.54. The van der Waals surface area contributed by atoms with Crippen molar-refractivity contribution in [1.82, 2.24) is 0 Å². The molecule has 0 aromatic heterocycles. The largest absolute Gasteiger partial charge is 0.507 e. The molecule has 5 saturated carbocycles. The molecule has 0 bridgehead atoms. The lowest BCUT2D eigenvalue weighted by molar-refractivity contribution is -0.273. The summed E-state index contributed by atoms with van der Waals surface area (Å²) in [7, 11) is 0. The Morgan fingerprint density at radius 3 is 2.51 bits per heavy atom. The molecule has 8 aliphatic rings. The third-order valence-electron chi connectivity index (χ3n) is 18.2. The van der Waals surface area contributed by atoms with E-state index in [-0.39, 0.29) is 40.2 Å². The van der Waals surface area contributed by atoms with Crippen LogP contribution in [-0.4, -0.2) is 46.9 Å². The van der Waals surface area contributed by atoms with E-state index < -0.39 is 0 Å². The fourth-order valence-electron chi connectivity index (χ4n) is 15.3. The van der Waals surface area contributed by atoms with Crippen molar-refractivity contribution in [3.63, 3.8) is 0 Å². The van der Waals surface area contributed by atoms with Crippen molar-refractivity contribution < 1.29 is 29.2 Å². The van der Waals surface area contributed by atoms with Crippen LogP contribution in [0.25, 0.3) is 0 Å². The molecule has 6 heteroatoms. The number of hydrogen-bond donors (Lipinski definition) is 2. The highest BCUT2D eigenvalue weighted by Crippen LogP contribution is 2.70. The van der Waals surface area contributed by atoms with Crippen molar-refractivity contribution in [2.75, 3.05) is 6.61 Å². The Balaban J connectivity index is 0.886. The van der Waals surface area contributed by atoms with Gasteiger partial charge in [0.25, 0.3) is 0 Å². The molecule has 7 fully saturated rings. The van der Waals surface area contributed by atoms with Crippen LogP contribution in [0.4, 0.5) is 0 Å². The molecule has 53 heavy (non-hydrogen) atoms. The highest BCUT2D eigenvalue weighted by atomic mass is 16.7. The number of benzene rings is 1. The van der Waals surface area contributed by atoms with E-state index in [2.05, 4.69) is 52.5 Å². The quantitative estimate of drug-likeness (QED) is 0.239. The summed E-state index contributed by atoms with van der Waals surface area (Å²) >= 11 is 0. The van der Waals surface area contributed by atoms with Gasteiger partial charge in [0.1, 0.15) is 11.9 Å². The topological polar surface area (TPSA) is 85.2 Å². The number of rotatable bonds is 3. The van der Waals surface area contributed by atoms with Crippen LogP contribution in [0, 0.1) is 75.4 Å². The number of aliphatic hydroxyl groups excluding tert-OH is 1. The highest BCUT2D eigenvalue weighted by Gasteiger charge is 2.69. The number of aryl methyl sites for hydroxylation is 1. The van der Waals surface area contributed by atoms with Crippen LogP contribution in [-0.2, 0) is 25.4 Å². The van der Waals surface area contributed by atoms with E-state index in [1.54, 1.807) is 6.92 Å². The molecule has 1 spiro atoms. The van der Waals surface area contributed by atoms with Gasteiger partial charge in [0.05, 0.1) is 24.4 Å². The SMILES string of the molecule is CC(=O)O[C@H]1CCC2C3CCc4cc(O)c(C#CCC[C@]5(C)C6CC[C@@]7(C)C(C[C@@H]8O[C@]9(CCC(C)CO9)[C@@H](C)[C@@H]87)C6CC[C@H]5O)cc4C3CC[C@@]21C. The summed E-state index contributed by atoms with van der Waals surface area (Å²) in [5.41, 5.74) is 3.60. The molecule has 6 aliphatic carbocycles. The molecular formula is C47H66O6. The molecule has 0 radical (unpaired) electrons. The zero-order valence-corrected chi connectivity index (χ0v) is 33.4. The lowest BCUT2D eigenvalue weighted by Gasteiger charge is -2.58. The van der Waals surface area contributed by atoms with E-state index in [0.717, 1.165) is 89.2 Å². The van der Waals surface area contributed by atoms with Crippen molar-refractivity contribution in [3.8, 4) is 17.6 Å². The normalized spacial score (nSPS) is 49.4. The van der Waals surface area contributed by atoms with Crippen LogP contribution in [0.3, 0.4) is 0 Å². The second-order valence-corrected chi connectivity index (χ2v) is 20.5. The van der Waals surface area contributed by atoms with Crippen LogP contribution in [0.15, 0.2) is 12.1 Å². The number of aromatic hydroxyl groups is 1. The first kappa shape index (κ1) is 36.6. The van der Waals surface area contributed by atoms with Gasteiger partial charge in [-0.25, -0.2) is 0 Å². The van der Waals surface area contributed by atoms with Crippen molar-refractivity contribution in [2.24, 2.45) is 63.6 Å². The van der Waals surface area contributed by atoms with Gasteiger partial charge in [0.2, 0.25) is 0 Å². The van der Waals surface area contributed by atoms with Gasteiger partial charge in [-0.05, 0) is 165 Å². The maximum absolute atomic E-state index is 11.9. The predicted octanol–water partition coefficient (Wildman–Crippen LogP) is 9.32. The summed E-state index contributed by atoms with van der Waals surface area (Å²) in [6.07, 6.45) is 15.8. The number of fused-ring (bicyclic) bond motifs is 10. The molecule has 2 N–H and O–H groups in total. The second kappa shape index (κ2) is 13.0. The zero-order chi connectivity index (χ0) is 37.1. The molecule has 2 saturated heterocycles. The van der Waals surface area contributed by atoms with Gasteiger partial charge >= 0.3 is 5.97 Å². The Hall–Kier alpha value is -2.07. The van der Waals surface area contributed by atoms with Crippen LogP contribution >= 0.6 is 0 Å². The van der Waals surface area contributed by atoms with Crippen LogP contribution < -0.4 is 0 Å². The minimum absolute atomic E-state index is 0.0371. The lowest BCUT2D eigenvalue weighted by atomic mass is 9.47. The highest BCUT2D eigenvalue weighted by molar-refractivity contribution is 5.66. The number of aliphatic hydroxyl groups is 1. The molecule has 2 heterocycles.